The van der Waals surface area contributed by atoms with Gasteiger partial charge in [0.25, 0.3) is 10.0 Å². The molecule has 0 bridgehead atoms. The van der Waals surface area contributed by atoms with Crippen molar-refractivity contribution in [2.45, 2.75) is 4.90 Å². The summed E-state index contributed by atoms with van der Waals surface area (Å²) in [7, 11) is -3.73. The summed E-state index contributed by atoms with van der Waals surface area (Å²) < 4.78 is 27.8. The summed E-state index contributed by atoms with van der Waals surface area (Å²) in [6.45, 7) is 7.23. The number of carbonyl (C=O) groups excluding carboxylic acids is 1. The number of allylic oxidation sites excluding steroid dienone is 5. The van der Waals surface area contributed by atoms with E-state index in [1.807, 2.05) is 0 Å². The van der Waals surface area contributed by atoms with Gasteiger partial charge in [-0.2, -0.15) is 12.8 Å². The molecule has 0 atom stereocenters. The van der Waals surface area contributed by atoms with E-state index < -0.39 is 10.0 Å². The monoisotopic (exact) mass is 314 g/mol. The summed E-state index contributed by atoms with van der Waals surface area (Å²) in [5.41, 5.74) is 1.80. The molecule has 0 unspecified atom stereocenters. The first kappa shape index (κ1) is 14.2. The molecule has 1 N–H and O–H groups in total. The van der Waals surface area contributed by atoms with E-state index in [-0.39, 0.29) is 23.5 Å². The number of ketones is 1. The van der Waals surface area contributed by atoms with Crippen molar-refractivity contribution < 1.29 is 14.6 Å². The summed E-state index contributed by atoms with van der Waals surface area (Å²) >= 11 is 0. The highest BCUT2D eigenvalue weighted by Crippen LogP contribution is 2.33. The zero-order valence-corrected chi connectivity index (χ0v) is 12.4. The highest BCUT2D eigenvalue weighted by molar-refractivity contribution is 7.90. The lowest BCUT2D eigenvalue weighted by Crippen LogP contribution is -2.25. The molecular formula is C16H14N2O3S. The fourth-order valence-corrected chi connectivity index (χ4v) is 3.63. The van der Waals surface area contributed by atoms with Crippen molar-refractivity contribution in [3.8, 4) is 0 Å². The molecule has 112 valence electrons. The second kappa shape index (κ2) is 4.92. The van der Waals surface area contributed by atoms with Gasteiger partial charge in [-0.1, -0.05) is 31.4 Å². The Kier molecular flexibility index (Phi) is 3.18. The zero-order valence-electron chi connectivity index (χ0n) is 11.5. The van der Waals surface area contributed by atoms with Crippen LogP contribution in [0.15, 0.2) is 76.3 Å². The van der Waals surface area contributed by atoms with Crippen molar-refractivity contribution >= 4 is 21.5 Å². The van der Waals surface area contributed by atoms with Gasteiger partial charge in [-0.25, -0.2) is 0 Å². The number of benzene rings is 1. The third-order valence-electron chi connectivity index (χ3n) is 3.35. The van der Waals surface area contributed by atoms with Crippen LogP contribution in [0.3, 0.4) is 0 Å². The fraction of sp³-hybridized carbons (Fsp3) is 0. The number of Topliss-reactive ketones (excluding diaryl/α,β-unsaturated/α-hetero) is 1. The SMILES string of the molecule is C=C/C=C(\C=C)NC1=CC2=NS(=O)(=O)c3cccc(c32)C1=O.[HH]. The van der Waals surface area contributed by atoms with Crippen LogP contribution >= 0.6 is 0 Å². The molecule has 0 saturated carbocycles. The van der Waals surface area contributed by atoms with Gasteiger partial charge in [0, 0.05) is 18.3 Å². The van der Waals surface area contributed by atoms with E-state index in [9.17, 15) is 13.2 Å². The van der Waals surface area contributed by atoms with Gasteiger partial charge in [-0.15, -0.1) is 0 Å². The first-order valence-electron chi connectivity index (χ1n) is 6.45. The molecule has 2 aliphatic rings. The number of rotatable bonds is 4. The maximum atomic E-state index is 12.5. The number of sulfonamides is 1. The Hall–Kier alpha value is -2.73. The van der Waals surface area contributed by atoms with Crippen LogP contribution in [0.1, 0.15) is 17.3 Å². The van der Waals surface area contributed by atoms with Crippen LogP contribution < -0.4 is 5.32 Å². The minimum atomic E-state index is -3.73. The topological polar surface area (TPSA) is 75.6 Å². The molecule has 0 fully saturated rings. The highest BCUT2D eigenvalue weighted by atomic mass is 32.2. The van der Waals surface area contributed by atoms with Crippen LogP contribution in [0.5, 0.6) is 0 Å². The molecular weight excluding hydrogens is 300 g/mol. The minimum Gasteiger partial charge on any atom is -0.352 e. The number of hydrogen-bond acceptors (Lipinski definition) is 4. The molecule has 22 heavy (non-hydrogen) atoms. The predicted molar refractivity (Wildman–Crippen MR) is 86.3 cm³/mol. The Balaban J connectivity index is 0.00000192. The molecule has 0 amide bonds. The summed E-state index contributed by atoms with van der Waals surface area (Å²) in [6, 6.07) is 4.59. The summed E-state index contributed by atoms with van der Waals surface area (Å²) in [6.07, 6.45) is 6.19. The molecule has 1 aromatic carbocycles. The van der Waals surface area contributed by atoms with Gasteiger partial charge in [0.1, 0.15) is 0 Å². The molecule has 0 saturated heterocycles. The summed E-state index contributed by atoms with van der Waals surface area (Å²) in [5, 5.41) is 2.92. The normalized spacial score (nSPS) is 18.2. The Morgan fingerprint density at radius 3 is 2.77 bits per heavy atom. The lowest BCUT2D eigenvalue weighted by atomic mass is 9.92. The van der Waals surface area contributed by atoms with Crippen molar-refractivity contribution in [2.75, 3.05) is 0 Å². The van der Waals surface area contributed by atoms with Gasteiger partial charge >= 0.3 is 0 Å². The van der Waals surface area contributed by atoms with Crippen molar-refractivity contribution in [1.29, 1.82) is 0 Å². The summed E-state index contributed by atoms with van der Waals surface area (Å²) in [5.74, 6) is -0.287. The highest BCUT2D eigenvalue weighted by Gasteiger charge is 2.35. The molecule has 1 aliphatic heterocycles. The Bertz CT molecular complexity index is 925. The number of carbonyl (C=O) groups is 1. The molecule has 0 aromatic heterocycles. The van der Waals surface area contributed by atoms with E-state index in [0.29, 0.717) is 16.8 Å². The second-order valence-electron chi connectivity index (χ2n) is 4.70. The van der Waals surface area contributed by atoms with E-state index in [0.717, 1.165) is 0 Å². The molecule has 3 rings (SSSR count). The van der Waals surface area contributed by atoms with Crippen LogP contribution in [0, 0.1) is 0 Å². The maximum absolute atomic E-state index is 12.5. The zero-order chi connectivity index (χ0) is 15.9. The number of hydrogen-bond donors (Lipinski definition) is 1. The third-order valence-corrected chi connectivity index (χ3v) is 4.68. The molecule has 5 nitrogen and oxygen atoms in total. The lowest BCUT2D eigenvalue weighted by Gasteiger charge is -2.17. The molecule has 1 aliphatic carbocycles. The third kappa shape index (κ3) is 2.05. The van der Waals surface area contributed by atoms with Crippen LogP contribution in [-0.4, -0.2) is 19.9 Å². The minimum absolute atomic E-state index is 0. The van der Waals surface area contributed by atoms with E-state index in [2.05, 4.69) is 22.9 Å². The van der Waals surface area contributed by atoms with Crippen LogP contribution in [0.4, 0.5) is 0 Å². The Labute approximate surface area is 129 Å². The number of nitrogens with one attached hydrogen (secondary N) is 1. The van der Waals surface area contributed by atoms with E-state index in [4.69, 9.17) is 0 Å². The second-order valence-corrected chi connectivity index (χ2v) is 6.28. The summed E-state index contributed by atoms with van der Waals surface area (Å²) in [4.78, 5) is 12.6. The average molecular weight is 314 g/mol. The Morgan fingerprint density at radius 2 is 2.09 bits per heavy atom. The maximum Gasteiger partial charge on any atom is 0.283 e. The van der Waals surface area contributed by atoms with Crippen LogP contribution in [-0.2, 0) is 10.0 Å². The first-order valence-corrected chi connectivity index (χ1v) is 7.89. The van der Waals surface area contributed by atoms with Gasteiger partial charge in [0.05, 0.1) is 16.3 Å². The largest absolute Gasteiger partial charge is 0.352 e. The quantitative estimate of drug-likeness (QED) is 0.866. The van der Waals surface area contributed by atoms with Crippen molar-refractivity contribution in [3.63, 3.8) is 0 Å². The van der Waals surface area contributed by atoms with Gasteiger partial charge in [-0.05, 0) is 24.3 Å². The average Bonchev–Trinajstić information content (AvgIpc) is 2.75. The smallest absolute Gasteiger partial charge is 0.283 e. The molecule has 6 heteroatoms. The number of nitrogens with zero attached hydrogens (tertiary/aromatic N) is 1. The molecule has 0 spiro atoms. The van der Waals surface area contributed by atoms with Gasteiger partial charge in [0.15, 0.2) is 0 Å². The van der Waals surface area contributed by atoms with Crippen molar-refractivity contribution in [3.05, 3.63) is 78.2 Å². The first-order chi connectivity index (χ1) is 10.5. The van der Waals surface area contributed by atoms with Gasteiger partial charge in [-0.3, -0.25) is 4.79 Å². The fourth-order valence-electron chi connectivity index (χ4n) is 2.41. The van der Waals surface area contributed by atoms with Gasteiger partial charge in [0.2, 0.25) is 5.78 Å². The lowest BCUT2D eigenvalue weighted by molar-refractivity contribution is 0.102. The standard InChI is InChI=1S/C16H12N2O3S.H2/c1-3-6-10(4-2)17-13-9-12-15-11(16(13)19)7-5-8-14(15)22(20,21)18-12;/h3-9,17H,1-2H2;1H/b10-6+;. The molecule has 1 aromatic rings. The van der Waals surface area contributed by atoms with Gasteiger partial charge < -0.3 is 5.32 Å². The van der Waals surface area contributed by atoms with Crippen LogP contribution in [0.25, 0.3) is 0 Å². The predicted octanol–water partition coefficient (Wildman–Crippen LogP) is 2.35. The molecule has 1 heterocycles. The van der Waals surface area contributed by atoms with E-state index in [1.54, 1.807) is 24.3 Å². The Morgan fingerprint density at radius 1 is 1.32 bits per heavy atom. The van der Waals surface area contributed by atoms with Crippen molar-refractivity contribution in [2.24, 2.45) is 4.40 Å². The van der Waals surface area contributed by atoms with Crippen molar-refractivity contribution in [1.82, 2.24) is 5.32 Å². The van der Waals surface area contributed by atoms with E-state index >= 15 is 0 Å². The molecule has 0 radical (unpaired) electrons. The van der Waals surface area contributed by atoms with E-state index in [1.165, 1.54) is 18.2 Å². The van der Waals surface area contributed by atoms with Crippen LogP contribution in [0.2, 0.25) is 0 Å².